The zero-order valence-electron chi connectivity index (χ0n) is 15.1. The molecule has 0 unspecified atom stereocenters. The third-order valence-corrected chi connectivity index (χ3v) is 4.38. The first kappa shape index (κ1) is 22.2. The zero-order valence-corrected chi connectivity index (χ0v) is 15.8. The van der Waals surface area contributed by atoms with Crippen LogP contribution in [0.2, 0.25) is 5.02 Å². The van der Waals surface area contributed by atoms with Gasteiger partial charge in [-0.05, 0) is 63.2 Å². The van der Waals surface area contributed by atoms with Crippen molar-refractivity contribution in [3.05, 3.63) is 35.2 Å². The van der Waals surface area contributed by atoms with E-state index < -0.39 is 12.1 Å². The number of benzene rings is 1. The third kappa shape index (κ3) is 7.47. The summed E-state index contributed by atoms with van der Waals surface area (Å²) in [4.78, 5) is 15.9. The molecule has 1 aliphatic heterocycles. The van der Waals surface area contributed by atoms with Crippen LogP contribution in [0.5, 0.6) is 0 Å². The van der Waals surface area contributed by atoms with Gasteiger partial charge in [0, 0.05) is 17.0 Å². The van der Waals surface area contributed by atoms with Crippen LogP contribution in [0.3, 0.4) is 0 Å². The van der Waals surface area contributed by atoms with Crippen molar-refractivity contribution in [2.45, 2.75) is 38.3 Å². The van der Waals surface area contributed by atoms with Crippen molar-refractivity contribution >= 4 is 17.6 Å². The summed E-state index contributed by atoms with van der Waals surface area (Å²) < 4.78 is 37.1. The maximum atomic E-state index is 10.6. The average Bonchev–Trinajstić information content (AvgIpc) is 3.12. The number of carboxylic acid groups (broad SMARTS) is 1. The van der Waals surface area contributed by atoms with Crippen LogP contribution >= 0.6 is 11.6 Å². The molecule has 6 nitrogen and oxygen atoms in total. The first-order valence-corrected chi connectivity index (χ1v) is 9.24. The molecule has 1 fully saturated rings. The number of halogens is 4. The highest BCUT2D eigenvalue weighted by molar-refractivity contribution is 6.30. The van der Waals surface area contributed by atoms with E-state index in [0.29, 0.717) is 10.8 Å². The molecule has 154 valence electrons. The van der Waals surface area contributed by atoms with Gasteiger partial charge in [-0.15, -0.1) is 0 Å². The van der Waals surface area contributed by atoms with Gasteiger partial charge in [0.25, 0.3) is 0 Å². The fourth-order valence-corrected chi connectivity index (χ4v) is 2.84. The molecular formula is C18H21ClF3N3O3. The molecular weight excluding hydrogens is 399 g/mol. The third-order valence-electron chi connectivity index (χ3n) is 4.13. The predicted molar refractivity (Wildman–Crippen MR) is 97.0 cm³/mol. The Hall–Kier alpha value is -2.13. The molecule has 1 aliphatic rings. The summed E-state index contributed by atoms with van der Waals surface area (Å²) in [5.41, 5.74) is 0.936. The lowest BCUT2D eigenvalue weighted by Crippen LogP contribution is -2.30. The van der Waals surface area contributed by atoms with E-state index in [0.717, 1.165) is 30.8 Å². The van der Waals surface area contributed by atoms with Gasteiger partial charge in [-0.2, -0.15) is 18.2 Å². The first-order valence-electron chi connectivity index (χ1n) is 8.86. The van der Waals surface area contributed by atoms with Gasteiger partial charge in [-0.25, -0.2) is 4.79 Å². The number of rotatable bonds is 5. The molecule has 0 atom stereocenters. The van der Waals surface area contributed by atoms with Gasteiger partial charge >= 0.3 is 12.1 Å². The highest BCUT2D eigenvalue weighted by atomic mass is 35.5. The Morgan fingerprint density at radius 1 is 1.18 bits per heavy atom. The predicted octanol–water partition coefficient (Wildman–Crippen LogP) is 4.44. The molecule has 0 bridgehead atoms. The van der Waals surface area contributed by atoms with E-state index in [4.69, 9.17) is 26.0 Å². The number of aromatic nitrogens is 2. The number of carboxylic acids is 1. The van der Waals surface area contributed by atoms with Crippen LogP contribution < -0.4 is 0 Å². The van der Waals surface area contributed by atoms with Crippen molar-refractivity contribution in [1.82, 2.24) is 15.0 Å². The second-order valence-electron chi connectivity index (χ2n) is 6.33. The lowest BCUT2D eigenvalue weighted by molar-refractivity contribution is -0.192. The highest BCUT2D eigenvalue weighted by Gasteiger charge is 2.38. The van der Waals surface area contributed by atoms with Crippen molar-refractivity contribution < 1.29 is 27.6 Å². The number of aliphatic carboxylic acids is 1. The Morgan fingerprint density at radius 3 is 2.36 bits per heavy atom. The number of aryl methyl sites for hydroxylation is 1. The van der Waals surface area contributed by atoms with Crippen LogP contribution in [-0.4, -0.2) is 51.9 Å². The van der Waals surface area contributed by atoms with E-state index >= 15 is 0 Å². The van der Waals surface area contributed by atoms with Gasteiger partial charge in [-0.3, -0.25) is 0 Å². The highest BCUT2D eigenvalue weighted by Crippen LogP contribution is 2.19. The van der Waals surface area contributed by atoms with E-state index in [1.165, 1.54) is 32.4 Å². The van der Waals surface area contributed by atoms with E-state index in [9.17, 15) is 13.2 Å². The largest absolute Gasteiger partial charge is 0.490 e. The Kier molecular flexibility index (Phi) is 8.25. The number of hydrogen-bond donors (Lipinski definition) is 1. The normalized spacial score (nSPS) is 15.0. The van der Waals surface area contributed by atoms with Gasteiger partial charge in [-0.1, -0.05) is 23.2 Å². The lowest BCUT2D eigenvalue weighted by atomic mass is 10.1. The topological polar surface area (TPSA) is 79.5 Å². The number of carbonyl (C=O) groups is 1. The number of nitrogens with zero attached hydrogens (tertiary/aromatic N) is 3. The maximum Gasteiger partial charge on any atom is 0.490 e. The SMILES string of the molecule is Clc1ccc(-c2noc(CCCN3CCCCC3)n2)cc1.O=C(O)C(F)(F)F. The van der Waals surface area contributed by atoms with Crippen molar-refractivity contribution in [1.29, 1.82) is 0 Å². The van der Waals surface area contributed by atoms with Crippen LogP contribution in [0, 0.1) is 0 Å². The van der Waals surface area contributed by atoms with Crippen LogP contribution in [0.25, 0.3) is 11.4 Å². The molecule has 28 heavy (non-hydrogen) atoms. The average molecular weight is 420 g/mol. The first-order chi connectivity index (χ1) is 13.3. The number of alkyl halides is 3. The molecule has 2 aromatic rings. The van der Waals surface area contributed by atoms with Crippen molar-refractivity contribution in [2.75, 3.05) is 19.6 Å². The van der Waals surface area contributed by atoms with Crippen LogP contribution in [0.1, 0.15) is 31.6 Å². The van der Waals surface area contributed by atoms with E-state index in [1.54, 1.807) is 0 Å². The minimum atomic E-state index is -5.08. The summed E-state index contributed by atoms with van der Waals surface area (Å²) in [6.07, 6.45) is 0.881. The van der Waals surface area contributed by atoms with Gasteiger partial charge in [0.05, 0.1) is 0 Å². The summed E-state index contributed by atoms with van der Waals surface area (Å²) in [7, 11) is 0. The van der Waals surface area contributed by atoms with Crippen molar-refractivity contribution in [3.8, 4) is 11.4 Å². The summed E-state index contributed by atoms with van der Waals surface area (Å²) in [5, 5.41) is 11.9. The molecule has 1 saturated heterocycles. The quantitative estimate of drug-likeness (QED) is 0.771. The molecule has 1 N–H and O–H groups in total. The Labute approximate surface area is 165 Å². The lowest BCUT2D eigenvalue weighted by Gasteiger charge is -2.25. The van der Waals surface area contributed by atoms with Crippen LogP contribution in [0.15, 0.2) is 28.8 Å². The van der Waals surface area contributed by atoms with Crippen molar-refractivity contribution in [3.63, 3.8) is 0 Å². The summed E-state index contributed by atoms with van der Waals surface area (Å²) in [5.74, 6) is -1.40. The van der Waals surface area contributed by atoms with Crippen LogP contribution in [-0.2, 0) is 11.2 Å². The monoisotopic (exact) mass is 419 g/mol. The molecule has 2 heterocycles. The van der Waals surface area contributed by atoms with Crippen LogP contribution in [0.4, 0.5) is 13.2 Å². The van der Waals surface area contributed by atoms with Gasteiger partial charge in [0.15, 0.2) is 0 Å². The second-order valence-corrected chi connectivity index (χ2v) is 6.76. The Balaban J connectivity index is 0.000000345. The summed E-state index contributed by atoms with van der Waals surface area (Å²) in [6.45, 7) is 3.60. The fourth-order valence-electron chi connectivity index (χ4n) is 2.71. The minimum absolute atomic E-state index is 0.639. The van der Waals surface area contributed by atoms with E-state index in [1.807, 2.05) is 24.3 Å². The second kappa shape index (κ2) is 10.4. The summed E-state index contributed by atoms with van der Waals surface area (Å²) in [6, 6.07) is 7.49. The molecule has 0 saturated carbocycles. The van der Waals surface area contributed by atoms with E-state index in [2.05, 4.69) is 15.0 Å². The zero-order chi connectivity index (χ0) is 20.6. The molecule has 0 radical (unpaired) electrons. The Morgan fingerprint density at radius 2 is 1.79 bits per heavy atom. The van der Waals surface area contributed by atoms with Gasteiger partial charge in [0.2, 0.25) is 11.7 Å². The standard InChI is InChI=1S/C16H20ClN3O.C2HF3O2/c17-14-8-6-13(7-9-14)16-18-15(21-19-16)5-4-12-20-10-2-1-3-11-20;3-2(4,5)1(6)7/h6-9H,1-5,10-12H2;(H,6,7). The smallest absolute Gasteiger partial charge is 0.475 e. The van der Waals surface area contributed by atoms with Gasteiger partial charge in [0.1, 0.15) is 0 Å². The van der Waals surface area contributed by atoms with Gasteiger partial charge < -0.3 is 14.5 Å². The fraction of sp³-hybridized carbons (Fsp3) is 0.500. The Bertz CT molecular complexity index is 745. The molecule has 1 aromatic heterocycles. The summed E-state index contributed by atoms with van der Waals surface area (Å²) >= 11 is 5.88. The molecule has 10 heteroatoms. The maximum absolute atomic E-state index is 10.6. The molecule has 0 spiro atoms. The molecule has 3 rings (SSSR count). The van der Waals surface area contributed by atoms with Crippen molar-refractivity contribution in [2.24, 2.45) is 0 Å². The molecule has 1 aromatic carbocycles. The molecule has 0 amide bonds. The number of hydrogen-bond acceptors (Lipinski definition) is 5. The minimum Gasteiger partial charge on any atom is -0.475 e. The van der Waals surface area contributed by atoms with E-state index in [-0.39, 0.29) is 0 Å². The number of piperidine rings is 1. The molecule has 0 aliphatic carbocycles. The number of likely N-dealkylation sites (tertiary alicyclic amines) is 1.